The van der Waals surface area contributed by atoms with E-state index in [-0.39, 0.29) is 12.1 Å². The predicted molar refractivity (Wildman–Crippen MR) is 121 cm³/mol. The lowest BCUT2D eigenvalue weighted by molar-refractivity contribution is 0.1000. The third-order valence-electron chi connectivity index (χ3n) is 5.59. The van der Waals surface area contributed by atoms with Gasteiger partial charge in [0.2, 0.25) is 0 Å². The van der Waals surface area contributed by atoms with Crippen LogP contribution in [0.4, 0.5) is 10.6 Å². The van der Waals surface area contributed by atoms with Crippen molar-refractivity contribution in [1.29, 1.82) is 0 Å². The van der Waals surface area contributed by atoms with Crippen LogP contribution in [0, 0.1) is 5.92 Å². The first kappa shape index (κ1) is 22.9. The molecule has 2 aromatic rings. The van der Waals surface area contributed by atoms with Gasteiger partial charge in [-0.1, -0.05) is 41.9 Å². The number of anilines is 1. The lowest BCUT2D eigenvalue weighted by Gasteiger charge is -2.33. The zero-order chi connectivity index (χ0) is 22.4. The number of nitrogens with one attached hydrogen (secondary N) is 1. The molecule has 1 aromatic carbocycles. The van der Waals surface area contributed by atoms with Gasteiger partial charge >= 0.3 is 6.09 Å². The summed E-state index contributed by atoms with van der Waals surface area (Å²) in [5.74, 6) is 0.422. The molecule has 0 saturated carbocycles. The van der Waals surface area contributed by atoms with E-state index < -0.39 is 12.0 Å². The van der Waals surface area contributed by atoms with E-state index in [0.29, 0.717) is 29.0 Å². The number of aromatic nitrogens is 1. The van der Waals surface area contributed by atoms with Crippen LogP contribution in [-0.4, -0.2) is 35.6 Å². The molecule has 3 N–H and O–H groups in total. The van der Waals surface area contributed by atoms with Crippen LogP contribution >= 0.6 is 11.6 Å². The third-order valence-corrected chi connectivity index (χ3v) is 5.80. The van der Waals surface area contributed by atoms with E-state index in [9.17, 15) is 9.59 Å². The minimum Gasteiger partial charge on any atom is -0.445 e. The minimum atomic E-state index is -0.517. The Hall–Kier alpha value is -2.80. The van der Waals surface area contributed by atoms with Crippen LogP contribution < -0.4 is 16.0 Å². The number of carbonyl (C=O) groups excluding carboxylic acids is 2. The Bertz CT molecular complexity index is 920. The number of hydrogen-bond donors (Lipinski definition) is 2. The standard InChI is InChI=1S/C23H29ClN4O3/c1-23(2)13-17(14-28(23)21-18(20(25)29)10-11-19(24)27-21)9-6-12-26-22(30)31-15-16-7-4-3-5-8-16/h3-5,7-8,10-11,17H,6,9,12-15H2,1-2H3,(H2,25,29)(H,26,30)/t17-/m1/s1. The first-order valence-corrected chi connectivity index (χ1v) is 10.8. The van der Waals surface area contributed by atoms with E-state index in [0.717, 1.165) is 31.4 Å². The first-order valence-electron chi connectivity index (χ1n) is 10.4. The quantitative estimate of drug-likeness (QED) is 0.471. The molecular weight excluding hydrogens is 416 g/mol. The van der Waals surface area contributed by atoms with Gasteiger partial charge in [-0.3, -0.25) is 4.79 Å². The fourth-order valence-corrected chi connectivity index (χ4v) is 4.27. The number of primary amides is 1. The van der Waals surface area contributed by atoms with E-state index in [4.69, 9.17) is 22.1 Å². The molecule has 0 radical (unpaired) electrons. The molecule has 1 aromatic heterocycles. The number of ether oxygens (including phenoxy) is 1. The van der Waals surface area contributed by atoms with Crippen LogP contribution in [0.3, 0.4) is 0 Å². The molecule has 1 atom stereocenters. The summed E-state index contributed by atoms with van der Waals surface area (Å²) in [4.78, 5) is 30.2. The number of hydrogen-bond acceptors (Lipinski definition) is 5. The second-order valence-electron chi connectivity index (χ2n) is 8.49. The van der Waals surface area contributed by atoms with Crippen molar-refractivity contribution in [3.05, 3.63) is 58.7 Å². The highest BCUT2D eigenvalue weighted by molar-refractivity contribution is 6.29. The average Bonchev–Trinajstić information content (AvgIpc) is 3.04. The minimum absolute atomic E-state index is 0.186. The Balaban J connectivity index is 1.48. The maximum atomic E-state index is 11.9. The van der Waals surface area contributed by atoms with Crippen molar-refractivity contribution in [2.75, 3.05) is 18.0 Å². The summed E-state index contributed by atoms with van der Waals surface area (Å²) in [7, 11) is 0. The van der Waals surface area contributed by atoms with Crippen molar-refractivity contribution in [2.24, 2.45) is 11.7 Å². The van der Waals surface area contributed by atoms with Crippen LogP contribution in [-0.2, 0) is 11.3 Å². The van der Waals surface area contributed by atoms with Gasteiger partial charge in [0, 0.05) is 18.6 Å². The molecule has 7 nitrogen and oxygen atoms in total. The Labute approximate surface area is 187 Å². The maximum Gasteiger partial charge on any atom is 0.407 e. The molecule has 0 bridgehead atoms. The van der Waals surface area contributed by atoms with E-state index >= 15 is 0 Å². The van der Waals surface area contributed by atoms with Gasteiger partial charge in [-0.2, -0.15) is 0 Å². The van der Waals surface area contributed by atoms with Gasteiger partial charge in [0.15, 0.2) is 0 Å². The van der Waals surface area contributed by atoms with Gasteiger partial charge in [0.1, 0.15) is 17.6 Å². The zero-order valence-corrected chi connectivity index (χ0v) is 18.7. The van der Waals surface area contributed by atoms with E-state index in [1.54, 1.807) is 12.1 Å². The summed E-state index contributed by atoms with van der Waals surface area (Å²) in [5, 5.41) is 3.14. The van der Waals surface area contributed by atoms with E-state index in [1.165, 1.54) is 0 Å². The Morgan fingerprint density at radius 1 is 1.26 bits per heavy atom. The van der Waals surface area contributed by atoms with Gasteiger partial charge in [0.25, 0.3) is 5.91 Å². The molecule has 31 heavy (non-hydrogen) atoms. The van der Waals surface area contributed by atoms with Crippen LogP contribution in [0.15, 0.2) is 42.5 Å². The van der Waals surface area contributed by atoms with Crippen molar-refractivity contribution >= 4 is 29.4 Å². The fraction of sp³-hybridized carbons (Fsp3) is 0.435. The van der Waals surface area contributed by atoms with Gasteiger partial charge < -0.3 is 20.7 Å². The summed E-state index contributed by atoms with van der Waals surface area (Å²) < 4.78 is 5.23. The number of carbonyl (C=O) groups is 2. The number of halogens is 1. The molecule has 1 saturated heterocycles. The lowest BCUT2D eigenvalue weighted by atomic mass is 9.93. The molecule has 2 heterocycles. The Kier molecular flexibility index (Phi) is 7.38. The molecule has 1 aliphatic rings. The lowest BCUT2D eigenvalue weighted by Crippen LogP contribution is -2.40. The SMILES string of the molecule is CC1(C)C[C@@H](CCCNC(=O)OCc2ccccc2)CN1c1nc(Cl)ccc1C(N)=O. The van der Waals surface area contributed by atoms with Crippen molar-refractivity contribution in [3.8, 4) is 0 Å². The highest BCUT2D eigenvalue weighted by Gasteiger charge is 2.40. The highest BCUT2D eigenvalue weighted by Crippen LogP contribution is 2.39. The van der Waals surface area contributed by atoms with Crippen molar-refractivity contribution < 1.29 is 14.3 Å². The molecule has 1 aliphatic heterocycles. The van der Waals surface area contributed by atoms with Gasteiger partial charge in [-0.15, -0.1) is 0 Å². The second kappa shape index (κ2) is 10.0. The zero-order valence-electron chi connectivity index (χ0n) is 17.9. The smallest absolute Gasteiger partial charge is 0.407 e. The number of pyridine rings is 1. The van der Waals surface area contributed by atoms with Crippen molar-refractivity contribution in [3.63, 3.8) is 0 Å². The monoisotopic (exact) mass is 444 g/mol. The van der Waals surface area contributed by atoms with Gasteiger partial charge in [-0.05, 0) is 56.7 Å². The number of alkyl carbamates (subject to hydrolysis) is 1. The number of nitrogens with zero attached hydrogens (tertiary/aromatic N) is 2. The molecule has 3 rings (SSSR count). The summed E-state index contributed by atoms with van der Waals surface area (Å²) >= 11 is 6.08. The highest BCUT2D eigenvalue weighted by atomic mass is 35.5. The molecule has 166 valence electrons. The number of nitrogens with two attached hydrogens (primary N) is 1. The second-order valence-corrected chi connectivity index (χ2v) is 8.88. The summed E-state index contributed by atoms with van der Waals surface area (Å²) in [6, 6.07) is 12.8. The Morgan fingerprint density at radius 2 is 2.00 bits per heavy atom. The molecule has 0 aliphatic carbocycles. The summed E-state index contributed by atoms with van der Waals surface area (Å²) in [6.45, 7) is 5.80. The third kappa shape index (κ3) is 6.10. The van der Waals surface area contributed by atoms with Crippen molar-refractivity contribution in [1.82, 2.24) is 10.3 Å². The molecule has 1 fully saturated rings. The van der Waals surface area contributed by atoms with E-state index in [1.807, 2.05) is 30.3 Å². The van der Waals surface area contributed by atoms with Crippen LogP contribution in [0.2, 0.25) is 5.15 Å². The van der Waals surface area contributed by atoms with Gasteiger partial charge in [-0.25, -0.2) is 9.78 Å². The molecule has 0 spiro atoms. The average molecular weight is 445 g/mol. The van der Waals surface area contributed by atoms with Crippen LogP contribution in [0.5, 0.6) is 0 Å². The molecule has 0 unspecified atom stereocenters. The molecule has 8 heteroatoms. The number of benzene rings is 1. The predicted octanol–water partition coefficient (Wildman–Crippen LogP) is 4.15. The summed E-state index contributed by atoms with van der Waals surface area (Å²) in [5.41, 5.74) is 6.69. The molecule has 2 amide bonds. The fourth-order valence-electron chi connectivity index (χ4n) is 4.13. The maximum absolute atomic E-state index is 11.9. The normalized spacial score (nSPS) is 17.4. The number of rotatable bonds is 8. The summed E-state index contributed by atoms with van der Waals surface area (Å²) in [6.07, 6.45) is 2.30. The van der Waals surface area contributed by atoms with Gasteiger partial charge in [0.05, 0.1) is 5.56 Å². The van der Waals surface area contributed by atoms with E-state index in [2.05, 4.69) is 29.0 Å². The number of amides is 2. The Morgan fingerprint density at radius 3 is 2.71 bits per heavy atom. The topological polar surface area (TPSA) is 97.6 Å². The first-order chi connectivity index (χ1) is 14.8. The largest absolute Gasteiger partial charge is 0.445 e. The van der Waals surface area contributed by atoms with Crippen LogP contribution in [0.1, 0.15) is 49.0 Å². The van der Waals surface area contributed by atoms with Crippen molar-refractivity contribution in [2.45, 2.75) is 45.3 Å². The van der Waals surface area contributed by atoms with Crippen LogP contribution in [0.25, 0.3) is 0 Å². The molecular formula is C23H29ClN4O3.